The van der Waals surface area contributed by atoms with E-state index in [0.29, 0.717) is 5.95 Å². The SMILES string of the molecule is COc1cccc(C2(C(=O)Nc3ccc(-c4cnc5nc4NCCCNSc4cccc(c4)N5)cc3)CC2)c1. The highest BCUT2D eigenvalue weighted by molar-refractivity contribution is 7.97. The van der Waals surface area contributed by atoms with Crippen molar-refractivity contribution in [3.8, 4) is 16.9 Å². The molecule has 1 aromatic heterocycles. The lowest BCUT2D eigenvalue weighted by atomic mass is 9.94. The van der Waals surface area contributed by atoms with Crippen LogP contribution in [0.1, 0.15) is 24.8 Å². The van der Waals surface area contributed by atoms with Gasteiger partial charge in [0.1, 0.15) is 11.6 Å². The van der Waals surface area contributed by atoms with E-state index in [1.807, 2.05) is 66.9 Å². The Hall–Kier alpha value is -4.08. The Morgan fingerprint density at radius 1 is 1.03 bits per heavy atom. The van der Waals surface area contributed by atoms with Crippen molar-refractivity contribution in [3.63, 3.8) is 0 Å². The van der Waals surface area contributed by atoms with E-state index in [1.165, 1.54) is 0 Å². The van der Waals surface area contributed by atoms with Gasteiger partial charge in [-0.2, -0.15) is 4.98 Å². The van der Waals surface area contributed by atoms with Gasteiger partial charge in [0, 0.05) is 41.1 Å². The van der Waals surface area contributed by atoms with Crippen molar-refractivity contribution in [2.75, 3.05) is 36.1 Å². The summed E-state index contributed by atoms with van der Waals surface area (Å²) >= 11 is 1.62. The van der Waals surface area contributed by atoms with Crippen LogP contribution < -0.4 is 25.4 Å². The maximum Gasteiger partial charge on any atom is 0.235 e. The summed E-state index contributed by atoms with van der Waals surface area (Å²) in [5.74, 6) is 2.08. The molecule has 0 radical (unpaired) electrons. The van der Waals surface area contributed by atoms with E-state index >= 15 is 0 Å². The van der Waals surface area contributed by atoms with Crippen LogP contribution in [0.4, 0.5) is 23.1 Å². The standard InChI is InChI=1S/C30H30N6O2S/c1-38-24-7-2-5-21(17-24)30(13-14-30)28(37)34-22-11-9-20(10-12-22)26-19-32-29-35-23-6-3-8-25(18-23)39-33-16-4-15-31-27(26)36-29/h2-3,5-12,17-19,33H,4,13-16H2,1H3,(H,34,37)(H2,31,32,35,36). The van der Waals surface area contributed by atoms with Gasteiger partial charge in [0.25, 0.3) is 0 Å². The van der Waals surface area contributed by atoms with Gasteiger partial charge < -0.3 is 20.7 Å². The molecule has 9 heteroatoms. The second kappa shape index (κ2) is 11.0. The van der Waals surface area contributed by atoms with Crippen molar-refractivity contribution in [1.29, 1.82) is 0 Å². The summed E-state index contributed by atoms with van der Waals surface area (Å²) in [4.78, 5) is 23.8. The van der Waals surface area contributed by atoms with Gasteiger partial charge in [-0.1, -0.05) is 30.3 Å². The number of fused-ring (bicyclic) bond motifs is 4. The molecule has 2 aliphatic rings. The molecule has 3 aromatic carbocycles. The average Bonchev–Trinajstić information content (AvgIpc) is 3.78. The van der Waals surface area contributed by atoms with Crippen LogP contribution in [0.2, 0.25) is 0 Å². The van der Waals surface area contributed by atoms with Crippen LogP contribution in [0, 0.1) is 0 Å². The van der Waals surface area contributed by atoms with Gasteiger partial charge in [0.05, 0.1) is 12.5 Å². The van der Waals surface area contributed by atoms with Crippen molar-refractivity contribution in [1.82, 2.24) is 14.7 Å². The minimum Gasteiger partial charge on any atom is -0.497 e. The lowest BCUT2D eigenvalue weighted by molar-refractivity contribution is -0.118. The molecule has 1 fully saturated rings. The number of benzene rings is 3. The molecule has 1 amide bonds. The number of carbonyl (C=O) groups is 1. The Labute approximate surface area is 232 Å². The third-order valence-electron chi connectivity index (χ3n) is 7.08. The molecule has 6 rings (SSSR count). The van der Waals surface area contributed by atoms with E-state index in [-0.39, 0.29) is 5.91 Å². The monoisotopic (exact) mass is 538 g/mol. The zero-order valence-electron chi connectivity index (χ0n) is 21.7. The van der Waals surface area contributed by atoms with E-state index in [2.05, 4.69) is 37.8 Å². The molecule has 198 valence electrons. The summed E-state index contributed by atoms with van der Waals surface area (Å²) in [6.07, 6.45) is 4.44. The first-order valence-electron chi connectivity index (χ1n) is 13.1. The number of ether oxygens (including phenoxy) is 1. The Balaban J connectivity index is 1.21. The van der Waals surface area contributed by atoms with E-state index in [9.17, 15) is 4.79 Å². The van der Waals surface area contributed by atoms with Crippen LogP contribution in [-0.2, 0) is 10.2 Å². The number of rotatable bonds is 5. The van der Waals surface area contributed by atoms with Gasteiger partial charge in [0.2, 0.25) is 11.9 Å². The second-order valence-electron chi connectivity index (χ2n) is 9.73. The number of anilines is 4. The fourth-order valence-corrected chi connectivity index (χ4v) is 5.48. The van der Waals surface area contributed by atoms with Crippen molar-refractivity contribution < 1.29 is 9.53 Å². The molecule has 8 nitrogen and oxygen atoms in total. The fraction of sp³-hybridized carbons (Fsp3) is 0.233. The number of amides is 1. The predicted octanol–water partition coefficient (Wildman–Crippen LogP) is 5.98. The summed E-state index contributed by atoms with van der Waals surface area (Å²) in [7, 11) is 1.64. The highest BCUT2D eigenvalue weighted by Gasteiger charge is 2.51. The molecule has 2 heterocycles. The van der Waals surface area contributed by atoms with Crippen molar-refractivity contribution in [3.05, 3.63) is 84.6 Å². The maximum absolute atomic E-state index is 13.3. The molecule has 0 saturated heterocycles. The molecule has 0 atom stereocenters. The van der Waals surface area contributed by atoms with Gasteiger partial charge in [-0.15, -0.1) is 0 Å². The van der Waals surface area contributed by atoms with Crippen LogP contribution in [0.5, 0.6) is 5.75 Å². The minimum absolute atomic E-state index is 0.0119. The first kappa shape index (κ1) is 25.2. The third-order valence-corrected chi connectivity index (χ3v) is 7.92. The largest absolute Gasteiger partial charge is 0.497 e. The molecule has 1 saturated carbocycles. The van der Waals surface area contributed by atoms with Gasteiger partial charge in [-0.05, 0) is 84.8 Å². The first-order chi connectivity index (χ1) is 19.1. The number of carbonyl (C=O) groups excluding carboxylic acids is 1. The Morgan fingerprint density at radius 3 is 2.69 bits per heavy atom. The fourth-order valence-electron chi connectivity index (χ4n) is 4.73. The molecule has 4 aromatic rings. The summed E-state index contributed by atoms with van der Waals surface area (Å²) in [5.41, 5.74) is 4.06. The quantitative estimate of drug-likeness (QED) is 0.230. The number of hydrogen-bond acceptors (Lipinski definition) is 8. The number of aromatic nitrogens is 2. The van der Waals surface area contributed by atoms with E-state index in [1.54, 1.807) is 19.1 Å². The lowest BCUT2D eigenvalue weighted by Crippen LogP contribution is -2.27. The van der Waals surface area contributed by atoms with Crippen molar-refractivity contribution in [2.45, 2.75) is 29.6 Å². The van der Waals surface area contributed by atoms with Gasteiger partial charge in [0.15, 0.2) is 0 Å². The summed E-state index contributed by atoms with van der Waals surface area (Å²) in [5, 5.41) is 9.91. The van der Waals surface area contributed by atoms with Crippen LogP contribution in [0.25, 0.3) is 11.1 Å². The van der Waals surface area contributed by atoms with Crippen molar-refractivity contribution >= 4 is 41.0 Å². The Kier molecular flexibility index (Phi) is 7.08. The van der Waals surface area contributed by atoms with Gasteiger partial charge in [-0.25, -0.2) is 4.98 Å². The number of methoxy groups -OCH3 is 1. The number of hydrogen-bond donors (Lipinski definition) is 4. The smallest absolute Gasteiger partial charge is 0.235 e. The van der Waals surface area contributed by atoms with Gasteiger partial charge in [-0.3, -0.25) is 9.52 Å². The highest BCUT2D eigenvalue weighted by Crippen LogP contribution is 2.49. The Bertz CT molecular complexity index is 1490. The highest BCUT2D eigenvalue weighted by atomic mass is 32.2. The van der Waals surface area contributed by atoms with Crippen LogP contribution in [0.15, 0.2) is 83.9 Å². The third kappa shape index (κ3) is 5.55. The molecule has 4 bridgehead atoms. The van der Waals surface area contributed by atoms with Crippen LogP contribution in [-0.4, -0.2) is 36.1 Å². The molecule has 39 heavy (non-hydrogen) atoms. The normalized spacial score (nSPS) is 15.8. The van der Waals surface area contributed by atoms with Crippen LogP contribution in [0.3, 0.4) is 0 Å². The predicted molar refractivity (Wildman–Crippen MR) is 157 cm³/mol. The maximum atomic E-state index is 13.3. The molecular formula is C30H30N6O2S. The lowest BCUT2D eigenvalue weighted by Gasteiger charge is -2.17. The molecule has 4 N–H and O–H groups in total. The van der Waals surface area contributed by atoms with Crippen LogP contribution >= 0.6 is 11.9 Å². The molecular weight excluding hydrogens is 508 g/mol. The van der Waals surface area contributed by atoms with E-state index in [4.69, 9.17) is 9.72 Å². The van der Waals surface area contributed by atoms with E-state index < -0.39 is 5.41 Å². The second-order valence-corrected chi connectivity index (χ2v) is 10.7. The molecule has 1 aliphatic carbocycles. The van der Waals surface area contributed by atoms with Crippen molar-refractivity contribution in [2.24, 2.45) is 0 Å². The zero-order valence-corrected chi connectivity index (χ0v) is 22.5. The zero-order chi connectivity index (χ0) is 26.7. The first-order valence-corrected chi connectivity index (χ1v) is 13.9. The summed E-state index contributed by atoms with van der Waals surface area (Å²) in [6.45, 7) is 1.64. The number of nitrogens with one attached hydrogen (secondary N) is 4. The topological polar surface area (TPSA) is 100 Å². The average molecular weight is 539 g/mol. The number of nitrogens with zero attached hydrogens (tertiary/aromatic N) is 2. The van der Waals surface area contributed by atoms with E-state index in [0.717, 1.165) is 76.9 Å². The van der Waals surface area contributed by atoms with Gasteiger partial charge >= 0.3 is 0 Å². The minimum atomic E-state index is -0.491. The molecule has 1 aliphatic heterocycles. The Morgan fingerprint density at radius 2 is 1.87 bits per heavy atom. The molecule has 0 spiro atoms. The summed E-state index contributed by atoms with van der Waals surface area (Å²) in [6, 6.07) is 23.8. The molecule has 0 unspecified atom stereocenters. The summed E-state index contributed by atoms with van der Waals surface area (Å²) < 4.78 is 8.77.